The minimum Gasteiger partial charge on any atom is -0.333 e. The largest absolute Gasteiger partial charge is 0.333 e. The number of thiazole rings is 1. The average Bonchev–Trinajstić information content (AvgIpc) is 3.06. The first-order valence-corrected chi connectivity index (χ1v) is 9.98. The number of rotatable bonds is 12. The fraction of sp³-hybridized carbons (Fsp3) is 0.722. The zero-order valence-electron chi connectivity index (χ0n) is 16.0. The molecule has 0 fully saturated rings. The number of anilines is 1. The highest BCUT2D eigenvalue weighted by Gasteiger charge is 2.24. The fourth-order valence-corrected chi connectivity index (χ4v) is 3.22. The van der Waals surface area contributed by atoms with Crippen molar-refractivity contribution in [1.29, 1.82) is 0 Å². The summed E-state index contributed by atoms with van der Waals surface area (Å²) in [5.74, 6) is -0.0746. The Kier molecular flexibility index (Phi) is 10.3. The van der Waals surface area contributed by atoms with Crippen molar-refractivity contribution in [2.45, 2.75) is 46.0 Å². The van der Waals surface area contributed by atoms with E-state index in [0.717, 1.165) is 38.6 Å². The first kappa shape index (κ1) is 21.6. The van der Waals surface area contributed by atoms with Gasteiger partial charge in [0, 0.05) is 24.0 Å². The van der Waals surface area contributed by atoms with Crippen LogP contribution in [0.2, 0.25) is 0 Å². The smallest absolute Gasteiger partial charge is 0.245 e. The Hall–Kier alpha value is -1.47. The molecule has 0 aliphatic heterocycles. The molecule has 1 aromatic rings. The third-order valence-electron chi connectivity index (χ3n) is 4.11. The molecule has 6 nitrogen and oxygen atoms in total. The highest BCUT2D eigenvalue weighted by Crippen LogP contribution is 2.17. The van der Waals surface area contributed by atoms with Gasteiger partial charge in [-0.05, 0) is 39.9 Å². The summed E-state index contributed by atoms with van der Waals surface area (Å²) in [6.45, 7) is 5.77. The van der Waals surface area contributed by atoms with Crippen molar-refractivity contribution in [3.63, 3.8) is 0 Å². The molecule has 0 aromatic carbocycles. The molecule has 7 heteroatoms. The molecule has 25 heavy (non-hydrogen) atoms. The van der Waals surface area contributed by atoms with Crippen LogP contribution in [0.15, 0.2) is 11.6 Å². The van der Waals surface area contributed by atoms with E-state index in [1.54, 1.807) is 11.1 Å². The Labute approximate surface area is 155 Å². The second kappa shape index (κ2) is 12.0. The van der Waals surface area contributed by atoms with Gasteiger partial charge in [0.1, 0.15) is 0 Å². The molecule has 0 aliphatic carbocycles. The summed E-state index contributed by atoms with van der Waals surface area (Å²) in [4.78, 5) is 33.1. The minimum absolute atomic E-state index is 0.00645. The van der Waals surface area contributed by atoms with E-state index in [0.29, 0.717) is 11.7 Å². The van der Waals surface area contributed by atoms with Crippen molar-refractivity contribution < 1.29 is 9.59 Å². The van der Waals surface area contributed by atoms with Crippen molar-refractivity contribution in [3.8, 4) is 0 Å². The lowest BCUT2D eigenvalue weighted by atomic mass is 9.97. The van der Waals surface area contributed by atoms with Gasteiger partial charge in [-0.2, -0.15) is 0 Å². The number of aromatic nitrogens is 1. The first-order valence-electron chi connectivity index (χ1n) is 9.10. The van der Waals surface area contributed by atoms with Gasteiger partial charge in [-0.1, -0.05) is 26.7 Å². The molecule has 0 bridgehead atoms. The van der Waals surface area contributed by atoms with E-state index in [1.807, 2.05) is 26.4 Å². The maximum atomic E-state index is 12.9. The lowest BCUT2D eigenvalue weighted by Gasteiger charge is -2.27. The number of nitrogens with one attached hydrogen (secondary N) is 1. The van der Waals surface area contributed by atoms with Crippen LogP contribution < -0.4 is 5.32 Å². The summed E-state index contributed by atoms with van der Waals surface area (Å²) in [5, 5.41) is 5.16. The third-order valence-corrected chi connectivity index (χ3v) is 4.79. The predicted octanol–water partition coefficient (Wildman–Crippen LogP) is 3.08. The summed E-state index contributed by atoms with van der Waals surface area (Å²) in [5.41, 5.74) is 0. The standard InChI is InChI=1S/C18H32N4O2S/c1-5-7-9-15(6-2)17(24)22(12-8-11-21(3)4)14-16(23)20-18-19-10-13-25-18/h10,13,15H,5-9,11-12,14H2,1-4H3,(H,19,20,23). The van der Waals surface area contributed by atoms with Gasteiger partial charge in [-0.25, -0.2) is 4.98 Å². The third kappa shape index (κ3) is 8.45. The van der Waals surface area contributed by atoms with Gasteiger partial charge in [-0.3, -0.25) is 9.59 Å². The first-order chi connectivity index (χ1) is 12.0. The predicted molar refractivity (Wildman–Crippen MR) is 104 cm³/mol. The average molecular weight is 369 g/mol. The van der Waals surface area contributed by atoms with Crippen LogP contribution in [0, 0.1) is 5.92 Å². The summed E-state index contributed by atoms with van der Waals surface area (Å²) >= 11 is 1.38. The van der Waals surface area contributed by atoms with Gasteiger partial charge in [0.25, 0.3) is 0 Å². The second-order valence-corrected chi connectivity index (χ2v) is 7.44. The summed E-state index contributed by atoms with van der Waals surface area (Å²) in [6.07, 6.45) is 6.34. The molecule has 0 spiro atoms. The minimum atomic E-state index is -0.182. The van der Waals surface area contributed by atoms with Crippen molar-refractivity contribution in [2.24, 2.45) is 5.92 Å². The zero-order chi connectivity index (χ0) is 18.7. The highest BCUT2D eigenvalue weighted by molar-refractivity contribution is 7.13. The Bertz CT molecular complexity index is 505. The molecule has 142 valence electrons. The van der Waals surface area contributed by atoms with Crippen LogP contribution in [-0.4, -0.2) is 60.3 Å². The summed E-state index contributed by atoms with van der Waals surface area (Å²) in [6, 6.07) is 0. The van der Waals surface area contributed by atoms with Crippen molar-refractivity contribution in [2.75, 3.05) is 39.0 Å². The number of hydrogen-bond donors (Lipinski definition) is 1. The molecule has 1 rings (SSSR count). The molecule has 0 saturated carbocycles. The van der Waals surface area contributed by atoms with E-state index < -0.39 is 0 Å². The Balaban J connectivity index is 2.68. The normalized spacial score (nSPS) is 12.2. The van der Waals surface area contributed by atoms with Crippen LogP contribution >= 0.6 is 11.3 Å². The molecule has 0 saturated heterocycles. The van der Waals surface area contributed by atoms with E-state index in [9.17, 15) is 9.59 Å². The molecular formula is C18H32N4O2S. The van der Waals surface area contributed by atoms with E-state index in [1.165, 1.54) is 11.3 Å². The lowest BCUT2D eigenvalue weighted by molar-refractivity contribution is -0.138. The molecule has 1 unspecified atom stereocenters. The molecular weight excluding hydrogens is 336 g/mol. The van der Waals surface area contributed by atoms with Crippen LogP contribution in [0.25, 0.3) is 0 Å². The summed E-state index contributed by atoms with van der Waals surface area (Å²) < 4.78 is 0. The van der Waals surface area contributed by atoms with Gasteiger partial charge in [0.15, 0.2) is 5.13 Å². The fourth-order valence-electron chi connectivity index (χ4n) is 2.67. The van der Waals surface area contributed by atoms with Gasteiger partial charge >= 0.3 is 0 Å². The van der Waals surface area contributed by atoms with Gasteiger partial charge in [0.2, 0.25) is 11.8 Å². The Morgan fingerprint density at radius 2 is 2.00 bits per heavy atom. The second-order valence-electron chi connectivity index (χ2n) is 6.55. The number of unbranched alkanes of at least 4 members (excludes halogenated alkanes) is 1. The van der Waals surface area contributed by atoms with E-state index >= 15 is 0 Å². The maximum Gasteiger partial charge on any atom is 0.245 e. The maximum absolute atomic E-state index is 12.9. The summed E-state index contributed by atoms with van der Waals surface area (Å²) in [7, 11) is 4.02. The van der Waals surface area contributed by atoms with Crippen LogP contribution in [0.1, 0.15) is 46.0 Å². The van der Waals surface area contributed by atoms with Crippen molar-refractivity contribution >= 4 is 28.3 Å². The zero-order valence-corrected chi connectivity index (χ0v) is 16.8. The Morgan fingerprint density at radius 3 is 2.56 bits per heavy atom. The van der Waals surface area contributed by atoms with E-state index in [2.05, 4.69) is 22.1 Å². The quantitative estimate of drug-likeness (QED) is 0.616. The number of carbonyl (C=O) groups is 2. The number of amides is 2. The molecule has 0 aliphatic rings. The van der Waals surface area contributed by atoms with Gasteiger partial charge < -0.3 is 15.1 Å². The topological polar surface area (TPSA) is 65.5 Å². The van der Waals surface area contributed by atoms with Crippen molar-refractivity contribution in [3.05, 3.63) is 11.6 Å². The van der Waals surface area contributed by atoms with Crippen molar-refractivity contribution in [1.82, 2.24) is 14.8 Å². The molecule has 1 heterocycles. The van der Waals surface area contributed by atoms with Crippen LogP contribution in [0.3, 0.4) is 0 Å². The molecule has 1 atom stereocenters. The molecule has 2 amide bonds. The number of nitrogens with zero attached hydrogens (tertiary/aromatic N) is 3. The molecule has 0 radical (unpaired) electrons. The molecule has 1 N–H and O–H groups in total. The van der Waals surface area contributed by atoms with Gasteiger partial charge in [0.05, 0.1) is 6.54 Å². The Morgan fingerprint density at radius 1 is 1.24 bits per heavy atom. The number of hydrogen-bond acceptors (Lipinski definition) is 5. The number of carbonyl (C=O) groups excluding carboxylic acids is 2. The molecule has 1 aromatic heterocycles. The van der Waals surface area contributed by atoms with E-state index in [4.69, 9.17) is 0 Å². The lowest BCUT2D eigenvalue weighted by Crippen LogP contribution is -2.42. The van der Waals surface area contributed by atoms with Crippen LogP contribution in [0.5, 0.6) is 0 Å². The highest BCUT2D eigenvalue weighted by atomic mass is 32.1. The van der Waals surface area contributed by atoms with Crippen LogP contribution in [0.4, 0.5) is 5.13 Å². The monoisotopic (exact) mass is 368 g/mol. The van der Waals surface area contributed by atoms with Crippen LogP contribution in [-0.2, 0) is 9.59 Å². The SMILES string of the molecule is CCCCC(CC)C(=O)N(CCCN(C)C)CC(=O)Nc1nccs1. The van der Waals surface area contributed by atoms with E-state index in [-0.39, 0.29) is 24.3 Å². The van der Waals surface area contributed by atoms with Gasteiger partial charge in [-0.15, -0.1) is 11.3 Å².